The lowest BCUT2D eigenvalue weighted by molar-refractivity contribution is 0.137. The zero-order valence-corrected chi connectivity index (χ0v) is 11.2. The first-order valence-corrected chi connectivity index (χ1v) is 7.79. The standard InChI is InChI=1S/C12H22O3S/c1-12(2)8-10(7-11(13)9-12)5-4-6-16(3,14)15/h7,11,13H,4-6,8-9H2,1-3H3. The Kier molecular flexibility index (Phi) is 4.18. The number of rotatable bonds is 4. The smallest absolute Gasteiger partial charge is 0.147 e. The van der Waals surface area contributed by atoms with Crippen molar-refractivity contribution in [3.05, 3.63) is 11.6 Å². The van der Waals surface area contributed by atoms with Crippen molar-refractivity contribution >= 4 is 9.84 Å². The summed E-state index contributed by atoms with van der Waals surface area (Å²) >= 11 is 0. The van der Waals surface area contributed by atoms with E-state index in [1.807, 2.05) is 6.08 Å². The first kappa shape index (κ1) is 13.7. The van der Waals surface area contributed by atoms with E-state index in [2.05, 4.69) is 13.8 Å². The van der Waals surface area contributed by atoms with Crippen LogP contribution in [0.15, 0.2) is 11.6 Å². The van der Waals surface area contributed by atoms with Crippen LogP contribution in [0, 0.1) is 5.41 Å². The molecule has 0 aromatic carbocycles. The van der Waals surface area contributed by atoms with Gasteiger partial charge in [-0.15, -0.1) is 0 Å². The van der Waals surface area contributed by atoms with Crippen LogP contribution in [0.5, 0.6) is 0 Å². The second-order valence-corrected chi connectivity index (χ2v) is 7.93. The second-order valence-electron chi connectivity index (χ2n) is 5.67. The highest BCUT2D eigenvalue weighted by Gasteiger charge is 2.27. The van der Waals surface area contributed by atoms with Crippen LogP contribution in [0.25, 0.3) is 0 Å². The molecule has 0 saturated heterocycles. The monoisotopic (exact) mass is 246 g/mol. The highest BCUT2D eigenvalue weighted by Crippen LogP contribution is 2.36. The molecule has 0 amide bonds. The van der Waals surface area contributed by atoms with Gasteiger partial charge < -0.3 is 5.11 Å². The molecular weight excluding hydrogens is 224 g/mol. The molecule has 1 atom stereocenters. The molecule has 0 heterocycles. The van der Waals surface area contributed by atoms with Crippen molar-refractivity contribution in [2.45, 2.75) is 45.6 Å². The van der Waals surface area contributed by atoms with E-state index in [1.54, 1.807) is 0 Å². The van der Waals surface area contributed by atoms with Gasteiger partial charge in [-0.3, -0.25) is 0 Å². The van der Waals surface area contributed by atoms with Crippen LogP contribution in [-0.4, -0.2) is 31.6 Å². The van der Waals surface area contributed by atoms with Gasteiger partial charge in [0, 0.05) is 6.26 Å². The Morgan fingerprint density at radius 3 is 2.62 bits per heavy atom. The number of allylic oxidation sites excluding steroid dienone is 1. The van der Waals surface area contributed by atoms with E-state index in [1.165, 1.54) is 11.8 Å². The van der Waals surface area contributed by atoms with Gasteiger partial charge in [-0.2, -0.15) is 0 Å². The first-order valence-electron chi connectivity index (χ1n) is 5.73. The lowest BCUT2D eigenvalue weighted by Gasteiger charge is -2.32. The average Bonchev–Trinajstić information content (AvgIpc) is 1.96. The van der Waals surface area contributed by atoms with Crippen molar-refractivity contribution in [2.75, 3.05) is 12.0 Å². The fraction of sp³-hybridized carbons (Fsp3) is 0.833. The molecule has 0 aliphatic heterocycles. The summed E-state index contributed by atoms with van der Waals surface area (Å²) in [6, 6.07) is 0. The largest absolute Gasteiger partial charge is 0.389 e. The molecule has 0 aromatic heterocycles. The van der Waals surface area contributed by atoms with Crippen molar-refractivity contribution in [2.24, 2.45) is 5.41 Å². The highest BCUT2D eigenvalue weighted by atomic mass is 32.2. The van der Waals surface area contributed by atoms with Crippen molar-refractivity contribution in [3.8, 4) is 0 Å². The summed E-state index contributed by atoms with van der Waals surface area (Å²) in [7, 11) is -2.86. The fourth-order valence-corrected chi connectivity index (χ4v) is 3.04. The predicted octanol–water partition coefficient (Wildman–Crippen LogP) is 1.92. The van der Waals surface area contributed by atoms with Gasteiger partial charge in [-0.25, -0.2) is 8.42 Å². The third-order valence-electron chi connectivity index (χ3n) is 2.91. The molecule has 0 radical (unpaired) electrons. The summed E-state index contributed by atoms with van der Waals surface area (Å²) in [5.74, 6) is 0.237. The van der Waals surface area contributed by atoms with E-state index in [9.17, 15) is 13.5 Å². The number of hydrogen-bond acceptors (Lipinski definition) is 3. The van der Waals surface area contributed by atoms with Crippen LogP contribution in [-0.2, 0) is 9.84 Å². The van der Waals surface area contributed by atoms with Gasteiger partial charge in [0.2, 0.25) is 0 Å². The molecule has 94 valence electrons. The van der Waals surface area contributed by atoms with Gasteiger partial charge in [-0.1, -0.05) is 25.5 Å². The summed E-state index contributed by atoms with van der Waals surface area (Å²) in [4.78, 5) is 0. The molecule has 4 heteroatoms. The van der Waals surface area contributed by atoms with Gasteiger partial charge in [-0.05, 0) is 31.1 Å². The molecule has 1 N–H and O–H groups in total. The van der Waals surface area contributed by atoms with Crippen LogP contribution >= 0.6 is 0 Å². The molecule has 0 bridgehead atoms. The minimum atomic E-state index is -2.86. The van der Waals surface area contributed by atoms with Crippen LogP contribution < -0.4 is 0 Å². The van der Waals surface area contributed by atoms with Gasteiger partial charge in [0.25, 0.3) is 0 Å². The zero-order valence-electron chi connectivity index (χ0n) is 10.4. The third kappa shape index (κ3) is 5.12. The molecule has 0 fully saturated rings. The molecule has 1 aliphatic rings. The van der Waals surface area contributed by atoms with E-state index < -0.39 is 9.84 Å². The summed E-state index contributed by atoms with van der Waals surface area (Å²) in [6.07, 6.45) is 6.00. The molecule has 0 aromatic rings. The molecule has 0 saturated carbocycles. The maximum atomic E-state index is 11.0. The molecule has 1 aliphatic carbocycles. The maximum absolute atomic E-state index is 11.0. The third-order valence-corrected chi connectivity index (χ3v) is 3.94. The summed E-state index contributed by atoms with van der Waals surface area (Å²) in [6.45, 7) is 4.28. The van der Waals surface area contributed by atoms with Crippen molar-refractivity contribution in [1.29, 1.82) is 0 Å². The van der Waals surface area contributed by atoms with Gasteiger partial charge >= 0.3 is 0 Å². The van der Waals surface area contributed by atoms with E-state index in [4.69, 9.17) is 0 Å². The van der Waals surface area contributed by atoms with E-state index in [0.717, 1.165) is 19.3 Å². The van der Waals surface area contributed by atoms with Crippen molar-refractivity contribution in [3.63, 3.8) is 0 Å². The number of aliphatic hydroxyl groups is 1. The maximum Gasteiger partial charge on any atom is 0.147 e. The van der Waals surface area contributed by atoms with Crippen molar-refractivity contribution < 1.29 is 13.5 Å². The fourth-order valence-electron chi connectivity index (χ4n) is 2.38. The minimum Gasteiger partial charge on any atom is -0.389 e. The summed E-state index contributed by atoms with van der Waals surface area (Å²) < 4.78 is 22.0. The SMILES string of the molecule is CC1(C)CC(CCCS(C)(=O)=O)=CC(O)C1. The molecule has 0 spiro atoms. The van der Waals surface area contributed by atoms with Gasteiger partial charge in [0.1, 0.15) is 9.84 Å². The van der Waals surface area contributed by atoms with Crippen LogP contribution in [0.2, 0.25) is 0 Å². The van der Waals surface area contributed by atoms with E-state index in [0.29, 0.717) is 6.42 Å². The van der Waals surface area contributed by atoms with Gasteiger partial charge in [0.15, 0.2) is 0 Å². The lowest BCUT2D eigenvalue weighted by Crippen LogP contribution is -2.25. The average molecular weight is 246 g/mol. The van der Waals surface area contributed by atoms with Crippen molar-refractivity contribution in [1.82, 2.24) is 0 Å². The zero-order chi connectivity index (χ0) is 12.4. The Morgan fingerprint density at radius 1 is 1.50 bits per heavy atom. The summed E-state index contributed by atoms with van der Waals surface area (Å²) in [5, 5.41) is 9.68. The van der Waals surface area contributed by atoms with Crippen LogP contribution in [0.4, 0.5) is 0 Å². The number of aliphatic hydroxyl groups excluding tert-OH is 1. The summed E-state index contributed by atoms with van der Waals surface area (Å²) in [5.41, 5.74) is 1.33. The number of sulfone groups is 1. The van der Waals surface area contributed by atoms with Gasteiger partial charge in [0.05, 0.1) is 11.9 Å². The Balaban J connectivity index is 2.49. The Morgan fingerprint density at radius 2 is 2.12 bits per heavy atom. The first-order chi connectivity index (χ1) is 7.18. The second kappa shape index (κ2) is 4.88. The molecule has 1 rings (SSSR count). The topological polar surface area (TPSA) is 54.4 Å². The molecule has 1 unspecified atom stereocenters. The normalized spacial score (nSPS) is 25.2. The van der Waals surface area contributed by atoms with E-state index in [-0.39, 0.29) is 17.3 Å². The lowest BCUT2D eigenvalue weighted by atomic mass is 9.75. The van der Waals surface area contributed by atoms with E-state index >= 15 is 0 Å². The minimum absolute atomic E-state index is 0.134. The Hall–Kier alpha value is -0.350. The Bertz CT molecular complexity index is 366. The number of hydrogen-bond donors (Lipinski definition) is 1. The highest BCUT2D eigenvalue weighted by molar-refractivity contribution is 7.90. The molecule has 16 heavy (non-hydrogen) atoms. The quantitative estimate of drug-likeness (QED) is 0.771. The predicted molar refractivity (Wildman–Crippen MR) is 66.0 cm³/mol. The molecular formula is C12H22O3S. The Labute approximate surface area is 98.5 Å². The molecule has 3 nitrogen and oxygen atoms in total. The van der Waals surface area contributed by atoms with Crippen LogP contribution in [0.1, 0.15) is 39.5 Å². The van der Waals surface area contributed by atoms with Crippen LogP contribution in [0.3, 0.4) is 0 Å².